The number of hydrogen-bond acceptors (Lipinski definition) is 2. The van der Waals surface area contributed by atoms with E-state index in [1.165, 1.54) is 11.3 Å². The molecule has 0 fully saturated rings. The van der Waals surface area contributed by atoms with E-state index in [1.54, 1.807) is 7.11 Å². The van der Waals surface area contributed by atoms with Crippen molar-refractivity contribution in [1.82, 2.24) is 9.88 Å². The van der Waals surface area contributed by atoms with Gasteiger partial charge in [-0.2, -0.15) is 0 Å². The van der Waals surface area contributed by atoms with Gasteiger partial charge >= 0.3 is 0 Å². The first-order valence-electron chi connectivity index (χ1n) is 7.60. The Kier molecular flexibility index (Phi) is 3.60. The number of aromatic nitrogens is 1. The molecule has 1 aromatic heterocycles. The van der Waals surface area contributed by atoms with Crippen LogP contribution in [0.1, 0.15) is 22.9 Å². The molecule has 0 bridgehead atoms. The number of fused-ring (bicyclic) bond motifs is 3. The van der Waals surface area contributed by atoms with Crippen LogP contribution in [0.3, 0.4) is 0 Å². The van der Waals surface area contributed by atoms with E-state index < -0.39 is 0 Å². The van der Waals surface area contributed by atoms with Gasteiger partial charge in [-0.3, -0.25) is 0 Å². The monoisotopic (exact) mass is 324 g/mol. The number of nitrogens with zero attached hydrogens (tertiary/aromatic N) is 1. The van der Waals surface area contributed by atoms with Gasteiger partial charge in [0.15, 0.2) is 0 Å². The standard InChI is InChI=1S/C19H17ClN2O/c1-23-14-9-7-13(8-10-14)19-18-6-3-11-22(18)17-5-2-4-16(20)15(17)12-21-19/h2-11,19,21H,12H2,1H3. The molecule has 2 aromatic carbocycles. The Hall–Kier alpha value is -2.23. The van der Waals surface area contributed by atoms with E-state index in [0.717, 1.165) is 28.6 Å². The number of halogens is 1. The first kappa shape index (κ1) is 14.4. The summed E-state index contributed by atoms with van der Waals surface area (Å²) in [4.78, 5) is 0. The van der Waals surface area contributed by atoms with Crippen LogP contribution >= 0.6 is 11.6 Å². The van der Waals surface area contributed by atoms with Crippen molar-refractivity contribution in [2.45, 2.75) is 12.6 Å². The van der Waals surface area contributed by atoms with Crippen molar-refractivity contribution in [1.29, 1.82) is 0 Å². The molecule has 1 aliphatic heterocycles. The van der Waals surface area contributed by atoms with Crippen molar-refractivity contribution in [2.75, 3.05) is 7.11 Å². The van der Waals surface area contributed by atoms with E-state index in [0.29, 0.717) is 0 Å². The molecule has 0 spiro atoms. The van der Waals surface area contributed by atoms with Crippen LogP contribution < -0.4 is 10.1 Å². The quantitative estimate of drug-likeness (QED) is 0.759. The molecule has 0 aliphatic carbocycles. The number of ether oxygens (including phenoxy) is 1. The number of methoxy groups -OCH3 is 1. The summed E-state index contributed by atoms with van der Waals surface area (Å²) in [6.07, 6.45) is 2.09. The fourth-order valence-corrected chi connectivity index (χ4v) is 3.43. The third-order valence-corrected chi connectivity index (χ3v) is 4.72. The second kappa shape index (κ2) is 5.76. The third kappa shape index (κ3) is 2.42. The fraction of sp³-hybridized carbons (Fsp3) is 0.158. The third-order valence-electron chi connectivity index (χ3n) is 4.36. The maximum absolute atomic E-state index is 6.41. The van der Waals surface area contributed by atoms with Gasteiger partial charge in [-0.25, -0.2) is 0 Å². The van der Waals surface area contributed by atoms with Gasteiger partial charge in [-0.15, -0.1) is 0 Å². The highest BCUT2D eigenvalue weighted by molar-refractivity contribution is 6.31. The van der Waals surface area contributed by atoms with Crippen LogP contribution in [0.25, 0.3) is 5.69 Å². The van der Waals surface area contributed by atoms with Gasteiger partial charge in [-0.1, -0.05) is 29.8 Å². The summed E-state index contributed by atoms with van der Waals surface area (Å²) in [7, 11) is 1.68. The molecule has 4 rings (SSSR count). The van der Waals surface area contributed by atoms with Gasteiger partial charge in [0, 0.05) is 29.0 Å². The first-order chi connectivity index (χ1) is 11.3. The Balaban J connectivity index is 1.82. The van der Waals surface area contributed by atoms with E-state index in [9.17, 15) is 0 Å². The van der Waals surface area contributed by atoms with Crippen molar-refractivity contribution in [2.24, 2.45) is 0 Å². The van der Waals surface area contributed by atoms with Gasteiger partial charge in [0.05, 0.1) is 18.8 Å². The zero-order valence-electron chi connectivity index (χ0n) is 12.8. The molecule has 1 atom stereocenters. The van der Waals surface area contributed by atoms with E-state index in [-0.39, 0.29) is 6.04 Å². The fourth-order valence-electron chi connectivity index (χ4n) is 3.19. The van der Waals surface area contributed by atoms with Gasteiger partial charge in [0.25, 0.3) is 0 Å². The molecule has 4 heteroatoms. The van der Waals surface area contributed by atoms with Crippen LogP contribution in [-0.2, 0) is 6.54 Å². The van der Waals surface area contributed by atoms with Crippen molar-refractivity contribution in [3.63, 3.8) is 0 Å². The molecule has 0 amide bonds. The van der Waals surface area contributed by atoms with Gasteiger partial charge in [-0.05, 0) is 42.0 Å². The van der Waals surface area contributed by atoms with Crippen LogP contribution in [0.15, 0.2) is 60.8 Å². The Morgan fingerprint density at radius 2 is 1.91 bits per heavy atom. The number of benzene rings is 2. The Labute approximate surface area is 140 Å². The molecular weight excluding hydrogens is 308 g/mol. The summed E-state index contributed by atoms with van der Waals surface area (Å²) in [5, 5.41) is 4.42. The van der Waals surface area contributed by atoms with Crippen molar-refractivity contribution in [3.8, 4) is 11.4 Å². The minimum Gasteiger partial charge on any atom is -0.497 e. The predicted octanol–water partition coefficient (Wildman–Crippen LogP) is 4.33. The zero-order valence-corrected chi connectivity index (χ0v) is 13.5. The summed E-state index contributed by atoms with van der Waals surface area (Å²) < 4.78 is 7.48. The highest BCUT2D eigenvalue weighted by Gasteiger charge is 2.23. The highest BCUT2D eigenvalue weighted by Crippen LogP contribution is 2.33. The number of hydrogen-bond donors (Lipinski definition) is 1. The minimum absolute atomic E-state index is 0.111. The zero-order chi connectivity index (χ0) is 15.8. The van der Waals surface area contributed by atoms with E-state index >= 15 is 0 Å². The van der Waals surface area contributed by atoms with Crippen LogP contribution in [0.4, 0.5) is 0 Å². The van der Waals surface area contributed by atoms with E-state index in [1.807, 2.05) is 24.3 Å². The predicted molar refractivity (Wildman–Crippen MR) is 92.5 cm³/mol. The molecule has 0 saturated heterocycles. The molecule has 3 nitrogen and oxygen atoms in total. The van der Waals surface area contributed by atoms with Crippen molar-refractivity contribution >= 4 is 11.6 Å². The van der Waals surface area contributed by atoms with Crippen molar-refractivity contribution in [3.05, 3.63) is 82.6 Å². The SMILES string of the molecule is COc1ccc(C2NCc3c(Cl)cccc3-n3cccc32)cc1. The van der Waals surface area contributed by atoms with Crippen LogP contribution in [0.2, 0.25) is 5.02 Å². The molecule has 1 aliphatic rings. The molecule has 0 saturated carbocycles. The van der Waals surface area contributed by atoms with Crippen molar-refractivity contribution < 1.29 is 4.74 Å². The van der Waals surface area contributed by atoms with Crippen LogP contribution in [0.5, 0.6) is 5.75 Å². The average molecular weight is 325 g/mol. The first-order valence-corrected chi connectivity index (χ1v) is 7.98. The average Bonchev–Trinajstić information content (AvgIpc) is 3.00. The summed E-state index contributed by atoms with van der Waals surface area (Å²) >= 11 is 6.41. The summed E-state index contributed by atoms with van der Waals surface area (Å²) in [5.41, 5.74) is 4.68. The molecule has 2 heterocycles. The lowest BCUT2D eigenvalue weighted by molar-refractivity contribution is 0.414. The minimum atomic E-state index is 0.111. The normalized spacial score (nSPS) is 16.3. The summed E-state index contributed by atoms with van der Waals surface area (Å²) in [6, 6.07) is 18.6. The summed E-state index contributed by atoms with van der Waals surface area (Å²) in [5.74, 6) is 0.865. The summed E-state index contributed by atoms with van der Waals surface area (Å²) in [6.45, 7) is 0.730. The second-order valence-electron chi connectivity index (χ2n) is 5.63. The molecule has 23 heavy (non-hydrogen) atoms. The Morgan fingerprint density at radius 3 is 2.70 bits per heavy atom. The van der Waals surface area contributed by atoms with Crippen LogP contribution in [-0.4, -0.2) is 11.7 Å². The maximum atomic E-state index is 6.41. The van der Waals surface area contributed by atoms with Gasteiger partial charge < -0.3 is 14.6 Å². The number of rotatable bonds is 2. The lowest BCUT2D eigenvalue weighted by atomic mass is 10.0. The molecule has 1 unspecified atom stereocenters. The highest BCUT2D eigenvalue weighted by atomic mass is 35.5. The van der Waals surface area contributed by atoms with Gasteiger partial charge in [0.1, 0.15) is 5.75 Å². The lowest BCUT2D eigenvalue weighted by Gasteiger charge is -2.18. The molecule has 3 aromatic rings. The molecule has 0 radical (unpaired) electrons. The van der Waals surface area contributed by atoms with E-state index in [4.69, 9.17) is 16.3 Å². The Morgan fingerprint density at radius 1 is 1.09 bits per heavy atom. The molecular formula is C19H17ClN2O. The largest absolute Gasteiger partial charge is 0.497 e. The van der Waals surface area contributed by atoms with Gasteiger partial charge in [0.2, 0.25) is 0 Å². The maximum Gasteiger partial charge on any atom is 0.118 e. The second-order valence-corrected chi connectivity index (χ2v) is 6.03. The van der Waals surface area contributed by atoms with E-state index in [2.05, 4.69) is 46.4 Å². The lowest BCUT2D eigenvalue weighted by Crippen LogP contribution is -2.21. The topological polar surface area (TPSA) is 26.2 Å². The molecule has 1 N–H and O–H groups in total. The van der Waals surface area contributed by atoms with Crippen LogP contribution in [0, 0.1) is 0 Å². The Bertz CT molecular complexity index is 839. The number of nitrogens with one attached hydrogen (secondary N) is 1. The smallest absolute Gasteiger partial charge is 0.118 e. The molecule has 116 valence electrons.